The molecule has 0 radical (unpaired) electrons. The highest BCUT2D eigenvalue weighted by molar-refractivity contribution is 5.29. The SMILES string of the molecule is CN(C)C(CN)c1cccc(O)c1. The van der Waals surface area contributed by atoms with Crippen molar-refractivity contribution in [2.75, 3.05) is 20.6 Å². The van der Waals surface area contributed by atoms with Crippen LogP contribution in [0.25, 0.3) is 0 Å². The Balaban J connectivity index is 2.91. The lowest BCUT2D eigenvalue weighted by atomic mass is 10.1. The molecule has 0 heterocycles. The molecule has 13 heavy (non-hydrogen) atoms. The van der Waals surface area contributed by atoms with Crippen molar-refractivity contribution in [1.29, 1.82) is 0 Å². The zero-order valence-electron chi connectivity index (χ0n) is 8.07. The van der Waals surface area contributed by atoms with Crippen molar-refractivity contribution < 1.29 is 5.11 Å². The molecule has 0 fully saturated rings. The largest absolute Gasteiger partial charge is 0.508 e. The van der Waals surface area contributed by atoms with E-state index in [1.54, 1.807) is 12.1 Å². The number of likely N-dealkylation sites (N-methyl/N-ethyl adjacent to an activating group) is 1. The van der Waals surface area contributed by atoms with Crippen LogP contribution in [0.1, 0.15) is 11.6 Å². The second-order valence-electron chi connectivity index (χ2n) is 3.31. The van der Waals surface area contributed by atoms with Crippen molar-refractivity contribution in [2.45, 2.75) is 6.04 Å². The Labute approximate surface area is 78.8 Å². The second kappa shape index (κ2) is 4.25. The Hall–Kier alpha value is -1.06. The maximum atomic E-state index is 9.28. The molecule has 0 aromatic heterocycles. The van der Waals surface area contributed by atoms with Crippen molar-refractivity contribution in [3.8, 4) is 5.75 Å². The average Bonchev–Trinajstić information content (AvgIpc) is 2.04. The van der Waals surface area contributed by atoms with Crippen LogP contribution in [0.15, 0.2) is 24.3 Å². The van der Waals surface area contributed by atoms with Crippen LogP contribution in [-0.2, 0) is 0 Å². The minimum atomic E-state index is 0.173. The van der Waals surface area contributed by atoms with E-state index in [0.29, 0.717) is 6.54 Å². The minimum absolute atomic E-state index is 0.173. The van der Waals surface area contributed by atoms with Gasteiger partial charge in [-0.1, -0.05) is 12.1 Å². The quantitative estimate of drug-likeness (QED) is 0.728. The first-order valence-electron chi connectivity index (χ1n) is 4.30. The highest BCUT2D eigenvalue weighted by atomic mass is 16.3. The third kappa shape index (κ3) is 2.44. The Morgan fingerprint density at radius 3 is 2.62 bits per heavy atom. The summed E-state index contributed by atoms with van der Waals surface area (Å²) in [5.74, 6) is 0.290. The monoisotopic (exact) mass is 180 g/mol. The van der Waals surface area contributed by atoms with Crippen LogP contribution >= 0.6 is 0 Å². The Morgan fingerprint density at radius 1 is 1.46 bits per heavy atom. The van der Waals surface area contributed by atoms with Gasteiger partial charge in [-0.3, -0.25) is 0 Å². The number of phenols is 1. The normalized spacial score (nSPS) is 13.2. The summed E-state index contributed by atoms with van der Waals surface area (Å²) in [5, 5.41) is 9.28. The van der Waals surface area contributed by atoms with Crippen molar-refractivity contribution in [3.63, 3.8) is 0 Å². The Bertz CT molecular complexity index is 273. The Morgan fingerprint density at radius 2 is 2.15 bits per heavy atom. The van der Waals surface area contributed by atoms with Crippen LogP contribution in [0, 0.1) is 0 Å². The van der Waals surface area contributed by atoms with Gasteiger partial charge in [0.15, 0.2) is 0 Å². The van der Waals surface area contributed by atoms with E-state index >= 15 is 0 Å². The van der Waals surface area contributed by atoms with E-state index in [-0.39, 0.29) is 11.8 Å². The summed E-state index contributed by atoms with van der Waals surface area (Å²) in [6, 6.07) is 7.38. The van der Waals surface area contributed by atoms with Crippen molar-refractivity contribution in [2.24, 2.45) is 5.73 Å². The van der Waals surface area contributed by atoms with Gasteiger partial charge in [0.2, 0.25) is 0 Å². The van der Waals surface area contributed by atoms with E-state index in [4.69, 9.17) is 5.73 Å². The lowest BCUT2D eigenvalue weighted by Gasteiger charge is -2.22. The van der Waals surface area contributed by atoms with Gasteiger partial charge >= 0.3 is 0 Å². The lowest BCUT2D eigenvalue weighted by Crippen LogP contribution is -2.27. The molecule has 0 saturated carbocycles. The minimum Gasteiger partial charge on any atom is -0.508 e. The van der Waals surface area contributed by atoms with Crippen LogP contribution in [0.3, 0.4) is 0 Å². The molecule has 0 bridgehead atoms. The standard InChI is InChI=1S/C10H16N2O/c1-12(2)10(7-11)8-4-3-5-9(13)6-8/h3-6,10,13H,7,11H2,1-2H3. The fourth-order valence-corrected chi connectivity index (χ4v) is 1.38. The maximum Gasteiger partial charge on any atom is 0.115 e. The molecule has 0 saturated heterocycles. The molecule has 1 rings (SSSR count). The zero-order chi connectivity index (χ0) is 9.84. The molecule has 0 spiro atoms. The van der Waals surface area contributed by atoms with Gasteiger partial charge in [-0.2, -0.15) is 0 Å². The molecular formula is C10H16N2O. The molecule has 1 unspecified atom stereocenters. The first-order chi connectivity index (χ1) is 6.15. The summed E-state index contributed by atoms with van der Waals surface area (Å²) >= 11 is 0. The lowest BCUT2D eigenvalue weighted by molar-refractivity contribution is 0.305. The van der Waals surface area contributed by atoms with E-state index in [2.05, 4.69) is 0 Å². The van der Waals surface area contributed by atoms with E-state index in [1.807, 2.05) is 31.1 Å². The second-order valence-corrected chi connectivity index (χ2v) is 3.31. The molecule has 72 valence electrons. The van der Waals surface area contributed by atoms with Crippen molar-refractivity contribution in [3.05, 3.63) is 29.8 Å². The molecule has 0 aliphatic heterocycles. The molecule has 3 nitrogen and oxygen atoms in total. The predicted molar refractivity (Wildman–Crippen MR) is 53.6 cm³/mol. The summed E-state index contributed by atoms with van der Waals surface area (Å²) in [6.07, 6.45) is 0. The fraction of sp³-hybridized carbons (Fsp3) is 0.400. The van der Waals surface area contributed by atoms with E-state index in [9.17, 15) is 5.11 Å². The average molecular weight is 180 g/mol. The van der Waals surface area contributed by atoms with Gasteiger partial charge in [0, 0.05) is 12.6 Å². The van der Waals surface area contributed by atoms with Crippen molar-refractivity contribution >= 4 is 0 Å². The first kappa shape index (κ1) is 10.0. The smallest absolute Gasteiger partial charge is 0.115 e. The summed E-state index contributed by atoms with van der Waals surface area (Å²) < 4.78 is 0. The molecule has 0 amide bonds. The molecule has 3 heteroatoms. The van der Waals surface area contributed by atoms with Crippen LogP contribution in [-0.4, -0.2) is 30.6 Å². The molecule has 1 atom stereocenters. The summed E-state index contributed by atoms with van der Waals surface area (Å²) in [5.41, 5.74) is 6.68. The maximum absolute atomic E-state index is 9.28. The number of hydrogen-bond acceptors (Lipinski definition) is 3. The van der Waals surface area contributed by atoms with Gasteiger partial charge in [-0.05, 0) is 31.8 Å². The van der Waals surface area contributed by atoms with Gasteiger partial charge in [0.25, 0.3) is 0 Å². The number of hydrogen-bond donors (Lipinski definition) is 2. The van der Waals surface area contributed by atoms with Crippen molar-refractivity contribution in [1.82, 2.24) is 4.90 Å². The topological polar surface area (TPSA) is 49.5 Å². The van der Waals surface area contributed by atoms with Gasteiger partial charge in [-0.25, -0.2) is 0 Å². The fourth-order valence-electron chi connectivity index (χ4n) is 1.38. The molecule has 0 aliphatic carbocycles. The van der Waals surface area contributed by atoms with Gasteiger partial charge in [0.05, 0.1) is 0 Å². The predicted octanol–water partition coefficient (Wildman–Crippen LogP) is 0.954. The van der Waals surface area contributed by atoms with Crippen LogP contribution in [0.4, 0.5) is 0 Å². The van der Waals surface area contributed by atoms with E-state index in [0.717, 1.165) is 5.56 Å². The molecular weight excluding hydrogens is 164 g/mol. The van der Waals surface area contributed by atoms with Gasteiger partial charge in [-0.15, -0.1) is 0 Å². The molecule has 0 aliphatic rings. The summed E-state index contributed by atoms with van der Waals surface area (Å²) in [4.78, 5) is 2.04. The van der Waals surface area contributed by atoms with Gasteiger partial charge in [0.1, 0.15) is 5.75 Å². The zero-order valence-corrected chi connectivity index (χ0v) is 8.07. The van der Waals surface area contributed by atoms with Gasteiger partial charge < -0.3 is 15.7 Å². The number of nitrogens with two attached hydrogens (primary N) is 1. The van der Waals surface area contributed by atoms with Crippen LogP contribution in [0.5, 0.6) is 5.75 Å². The van der Waals surface area contributed by atoms with E-state index in [1.165, 1.54) is 0 Å². The van der Waals surface area contributed by atoms with Crippen LogP contribution < -0.4 is 5.73 Å². The van der Waals surface area contributed by atoms with Crippen LogP contribution in [0.2, 0.25) is 0 Å². The highest BCUT2D eigenvalue weighted by Gasteiger charge is 2.11. The number of nitrogens with zero attached hydrogens (tertiary/aromatic N) is 1. The third-order valence-electron chi connectivity index (χ3n) is 2.10. The first-order valence-corrected chi connectivity index (χ1v) is 4.30. The number of rotatable bonds is 3. The summed E-state index contributed by atoms with van der Waals surface area (Å²) in [6.45, 7) is 0.552. The highest BCUT2D eigenvalue weighted by Crippen LogP contribution is 2.20. The number of benzene rings is 1. The Kier molecular flexibility index (Phi) is 3.28. The number of aromatic hydroxyl groups is 1. The molecule has 1 aromatic carbocycles. The summed E-state index contributed by atoms with van der Waals surface area (Å²) in [7, 11) is 3.95. The molecule has 3 N–H and O–H groups in total. The van der Waals surface area contributed by atoms with E-state index < -0.39 is 0 Å². The number of phenolic OH excluding ortho intramolecular Hbond substituents is 1. The third-order valence-corrected chi connectivity index (χ3v) is 2.10. The molecule has 1 aromatic rings.